The van der Waals surface area contributed by atoms with Crippen molar-refractivity contribution in [2.45, 2.75) is 6.92 Å². The van der Waals surface area contributed by atoms with Gasteiger partial charge >= 0.3 is 29.6 Å². The van der Waals surface area contributed by atoms with Gasteiger partial charge in [-0.2, -0.15) is 0 Å². The minimum absolute atomic E-state index is 0. The number of hydrogen-bond acceptors (Lipinski definition) is 3. The Morgan fingerprint density at radius 2 is 1.50 bits per heavy atom. The molecule has 0 radical (unpaired) electrons. The molecule has 3 nitrogen and oxygen atoms in total. The van der Waals surface area contributed by atoms with Crippen molar-refractivity contribution in [3.05, 3.63) is 0 Å². The van der Waals surface area contributed by atoms with E-state index >= 15 is 0 Å². The molecular weight excluding hydrogens is 141 g/mol. The van der Waals surface area contributed by atoms with Crippen molar-refractivity contribution >= 4 is 29.6 Å². The Bertz CT molecular complexity index is 57.7. The van der Waals surface area contributed by atoms with Gasteiger partial charge in [0.2, 0.25) is 0 Å². The molecule has 0 fully saturated rings. The van der Waals surface area contributed by atoms with Crippen molar-refractivity contribution in [3.8, 4) is 0 Å². The molecule has 0 bridgehead atoms. The van der Waals surface area contributed by atoms with Crippen molar-refractivity contribution in [1.82, 2.24) is 4.90 Å². The molecule has 0 amide bonds. The topological polar surface area (TPSA) is 43.7 Å². The zero-order chi connectivity index (χ0) is 7.11. The Morgan fingerprint density at radius 1 is 1.10 bits per heavy atom. The second-order valence-corrected chi connectivity index (χ2v) is 1.88. The summed E-state index contributed by atoms with van der Waals surface area (Å²) in [6, 6.07) is 0. The molecule has 0 aromatic carbocycles. The van der Waals surface area contributed by atoms with Crippen LogP contribution in [0.25, 0.3) is 0 Å². The standard InChI is InChI=1S/C6H15NO2.Na.H/c1-2-7(3-5-8)4-6-9;;/h8-9H,2-6H2,1H3;;. The zero-order valence-electron chi connectivity index (χ0n) is 5.88. The maximum absolute atomic E-state index is 8.47. The summed E-state index contributed by atoms with van der Waals surface area (Å²) >= 11 is 0. The van der Waals surface area contributed by atoms with E-state index in [0.29, 0.717) is 13.1 Å². The average molecular weight is 157 g/mol. The molecule has 58 valence electrons. The molecule has 0 rings (SSSR count). The van der Waals surface area contributed by atoms with Crippen LogP contribution in [0.2, 0.25) is 0 Å². The molecule has 2 N–H and O–H groups in total. The van der Waals surface area contributed by atoms with E-state index in [4.69, 9.17) is 10.2 Å². The molecule has 0 unspecified atom stereocenters. The van der Waals surface area contributed by atoms with Crippen LogP contribution >= 0.6 is 0 Å². The van der Waals surface area contributed by atoms with Crippen LogP contribution in [0.4, 0.5) is 0 Å². The summed E-state index contributed by atoms with van der Waals surface area (Å²) in [5, 5.41) is 16.9. The van der Waals surface area contributed by atoms with Crippen molar-refractivity contribution in [1.29, 1.82) is 0 Å². The monoisotopic (exact) mass is 157 g/mol. The molecule has 0 aromatic heterocycles. The third-order valence-electron chi connectivity index (χ3n) is 1.28. The number of rotatable bonds is 5. The first-order valence-corrected chi connectivity index (χ1v) is 3.29. The third-order valence-corrected chi connectivity index (χ3v) is 1.28. The predicted molar refractivity (Wildman–Crippen MR) is 43.4 cm³/mol. The molecule has 0 spiro atoms. The molecule has 0 aliphatic rings. The van der Waals surface area contributed by atoms with E-state index in [-0.39, 0.29) is 42.8 Å². The first-order chi connectivity index (χ1) is 4.35. The first kappa shape index (κ1) is 13.5. The molecule has 4 heteroatoms. The van der Waals surface area contributed by atoms with Crippen LogP contribution in [-0.2, 0) is 0 Å². The summed E-state index contributed by atoms with van der Waals surface area (Å²) in [7, 11) is 0. The van der Waals surface area contributed by atoms with Gasteiger partial charge in [0, 0.05) is 13.1 Å². The zero-order valence-corrected chi connectivity index (χ0v) is 5.88. The summed E-state index contributed by atoms with van der Waals surface area (Å²) in [4.78, 5) is 1.99. The molecule has 0 atom stereocenters. The predicted octanol–water partition coefficient (Wildman–Crippen LogP) is -1.36. The van der Waals surface area contributed by atoms with E-state index in [9.17, 15) is 0 Å². The van der Waals surface area contributed by atoms with Gasteiger partial charge in [-0.05, 0) is 6.54 Å². The van der Waals surface area contributed by atoms with Gasteiger partial charge in [-0.3, -0.25) is 4.90 Å². The SMILES string of the molecule is CCN(CCO)CCO.[NaH]. The first-order valence-electron chi connectivity index (χ1n) is 3.29. The van der Waals surface area contributed by atoms with Crippen LogP contribution in [0.3, 0.4) is 0 Å². The quantitative estimate of drug-likeness (QED) is 0.485. The van der Waals surface area contributed by atoms with E-state index in [1.165, 1.54) is 0 Å². The minimum atomic E-state index is 0. The number of aliphatic hydroxyl groups is 2. The fraction of sp³-hybridized carbons (Fsp3) is 1.00. The Morgan fingerprint density at radius 3 is 1.70 bits per heavy atom. The van der Waals surface area contributed by atoms with Crippen LogP contribution in [0.5, 0.6) is 0 Å². The molecule has 0 aliphatic carbocycles. The van der Waals surface area contributed by atoms with Gasteiger partial charge in [0.05, 0.1) is 13.2 Å². The molecule has 0 heterocycles. The van der Waals surface area contributed by atoms with E-state index in [1.807, 2.05) is 11.8 Å². The Hall–Kier alpha value is 0.880. The van der Waals surface area contributed by atoms with Crippen molar-refractivity contribution in [2.24, 2.45) is 0 Å². The van der Waals surface area contributed by atoms with Crippen LogP contribution in [0.1, 0.15) is 6.92 Å². The Kier molecular flexibility index (Phi) is 13.3. The third kappa shape index (κ3) is 6.99. The Balaban J connectivity index is 0. The second kappa shape index (κ2) is 9.88. The summed E-state index contributed by atoms with van der Waals surface area (Å²) in [5.74, 6) is 0. The molecule has 0 aromatic rings. The van der Waals surface area contributed by atoms with Crippen LogP contribution < -0.4 is 0 Å². The normalized spacial score (nSPS) is 9.60. The number of likely N-dealkylation sites (N-methyl/N-ethyl adjacent to an activating group) is 1. The van der Waals surface area contributed by atoms with E-state index in [2.05, 4.69) is 0 Å². The second-order valence-electron chi connectivity index (χ2n) is 1.88. The van der Waals surface area contributed by atoms with Gasteiger partial charge in [-0.25, -0.2) is 0 Å². The number of nitrogens with zero attached hydrogens (tertiary/aromatic N) is 1. The van der Waals surface area contributed by atoms with E-state index in [1.54, 1.807) is 0 Å². The molecule has 0 aliphatic heterocycles. The maximum atomic E-state index is 8.47. The summed E-state index contributed by atoms with van der Waals surface area (Å²) in [5.41, 5.74) is 0. The molecule has 0 saturated heterocycles. The molecule has 0 saturated carbocycles. The number of hydrogen-bond donors (Lipinski definition) is 2. The van der Waals surface area contributed by atoms with Crippen LogP contribution in [0, 0.1) is 0 Å². The average Bonchev–Trinajstić information content (AvgIpc) is 1.88. The van der Waals surface area contributed by atoms with Gasteiger partial charge in [0.1, 0.15) is 0 Å². The number of aliphatic hydroxyl groups excluding tert-OH is 2. The van der Waals surface area contributed by atoms with Crippen molar-refractivity contribution in [3.63, 3.8) is 0 Å². The fourth-order valence-electron chi connectivity index (χ4n) is 0.711. The summed E-state index contributed by atoms with van der Waals surface area (Å²) in [6.07, 6.45) is 0. The van der Waals surface area contributed by atoms with Gasteiger partial charge in [0.15, 0.2) is 0 Å². The fourth-order valence-corrected chi connectivity index (χ4v) is 0.711. The summed E-state index contributed by atoms with van der Waals surface area (Å²) < 4.78 is 0. The van der Waals surface area contributed by atoms with Crippen LogP contribution in [-0.4, -0.2) is 77.5 Å². The van der Waals surface area contributed by atoms with Gasteiger partial charge in [-0.1, -0.05) is 6.92 Å². The van der Waals surface area contributed by atoms with Crippen LogP contribution in [0.15, 0.2) is 0 Å². The van der Waals surface area contributed by atoms with Gasteiger partial charge in [-0.15, -0.1) is 0 Å². The van der Waals surface area contributed by atoms with Crippen molar-refractivity contribution < 1.29 is 10.2 Å². The molecular formula is C6H16NNaO2. The van der Waals surface area contributed by atoms with E-state index < -0.39 is 0 Å². The summed E-state index contributed by atoms with van der Waals surface area (Å²) in [6.45, 7) is 4.57. The van der Waals surface area contributed by atoms with Gasteiger partial charge < -0.3 is 10.2 Å². The molecule has 10 heavy (non-hydrogen) atoms. The van der Waals surface area contributed by atoms with Gasteiger partial charge in [0.25, 0.3) is 0 Å². The van der Waals surface area contributed by atoms with E-state index in [0.717, 1.165) is 6.54 Å². The Labute approximate surface area is 84.3 Å². The van der Waals surface area contributed by atoms with Crippen molar-refractivity contribution in [2.75, 3.05) is 32.8 Å².